The van der Waals surface area contributed by atoms with Gasteiger partial charge in [0.2, 0.25) is 0 Å². The van der Waals surface area contributed by atoms with E-state index < -0.39 is 18.0 Å². The standard InChI is InChI=1S/C45H43ClFN7O6S/c1-27-30(12-13-35(40(27)46)58-23-22-54-20-18-53(2)19-21-54)38-39-43(49-26-50-44(39)61-41(38)36-14-15-37(47)60-36)52-32(45(55)56)24-28-8-4-6-10-33(28)59-25-29-16-17-48-42(51-29)31-9-5-7-11-34(31)57-3/h4-17,26,32H,18-25H2,1-3H3,(H,55,56)(H,49,50,52). The molecule has 1 unspecified atom stereocenters. The summed E-state index contributed by atoms with van der Waals surface area (Å²) in [7, 11) is 3.72. The summed E-state index contributed by atoms with van der Waals surface area (Å²) >= 11 is 8.30. The van der Waals surface area contributed by atoms with Gasteiger partial charge in [-0.1, -0.05) is 48.0 Å². The number of likely N-dealkylation sites (N-methyl/N-ethyl adjacent to an activating group) is 1. The number of nitrogens with one attached hydrogen (secondary N) is 1. The first-order valence-corrected chi connectivity index (χ1v) is 20.9. The number of methoxy groups -OCH3 is 1. The van der Waals surface area contributed by atoms with Gasteiger partial charge in [-0.3, -0.25) is 4.90 Å². The highest BCUT2D eigenvalue weighted by atomic mass is 35.5. The first-order chi connectivity index (χ1) is 29.7. The SMILES string of the molecule is COc1ccccc1-c1nccc(COc2ccccc2CC(Nc2ncnc3sc(-c4ccc(F)o4)c(-c4ccc(OCCN5CCN(C)CC5)c(Cl)c4C)c23)C(=O)O)n1. The first kappa shape index (κ1) is 41.6. The number of fused-ring (bicyclic) bond motifs is 1. The maximum atomic E-state index is 14.4. The van der Waals surface area contributed by atoms with E-state index in [1.54, 1.807) is 31.5 Å². The van der Waals surface area contributed by atoms with E-state index in [0.29, 0.717) is 77.7 Å². The van der Waals surface area contributed by atoms with E-state index in [-0.39, 0.29) is 24.6 Å². The molecule has 1 atom stereocenters. The van der Waals surface area contributed by atoms with Crippen molar-refractivity contribution in [3.8, 4) is 50.4 Å². The highest BCUT2D eigenvalue weighted by molar-refractivity contribution is 7.22. The number of aromatic nitrogens is 4. The van der Waals surface area contributed by atoms with Gasteiger partial charge >= 0.3 is 5.97 Å². The molecule has 0 spiro atoms. The second-order valence-electron chi connectivity index (χ2n) is 14.6. The maximum absolute atomic E-state index is 14.4. The maximum Gasteiger partial charge on any atom is 0.326 e. The normalized spacial score (nSPS) is 13.9. The van der Waals surface area contributed by atoms with Crippen molar-refractivity contribution in [2.24, 2.45) is 0 Å². The van der Waals surface area contributed by atoms with Gasteiger partial charge in [0, 0.05) is 57.0 Å². The second-order valence-corrected chi connectivity index (χ2v) is 15.9. The molecule has 0 amide bonds. The zero-order chi connectivity index (χ0) is 42.5. The van der Waals surface area contributed by atoms with Gasteiger partial charge in [0.15, 0.2) is 5.82 Å². The van der Waals surface area contributed by atoms with Crippen LogP contribution < -0.4 is 19.5 Å². The highest BCUT2D eigenvalue weighted by Crippen LogP contribution is 2.49. The number of rotatable bonds is 16. The van der Waals surface area contributed by atoms with Crippen LogP contribution in [0.2, 0.25) is 5.02 Å². The van der Waals surface area contributed by atoms with Crippen LogP contribution in [0.25, 0.3) is 43.4 Å². The van der Waals surface area contributed by atoms with Gasteiger partial charge in [0.05, 0.1) is 33.7 Å². The fourth-order valence-corrected chi connectivity index (χ4v) is 8.63. The molecule has 3 aromatic carbocycles. The number of ether oxygens (including phenoxy) is 3. The minimum Gasteiger partial charge on any atom is -0.496 e. The molecule has 0 aliphatic carbocycles. The van der Waals surface area contributed by atoms with E-state index in [0.717, 1.165) is 38.3 Å². The Balaban J connectivity index is 1.07. The van der Waals surface area contributed by atoms with E-state index >= 15 is 0 Å². The third kappa shape index (κ3) is 9.30. The number of hydrogen-bond donors (Lipinski definition) is 2. The molecule has 16 heteroatoms. The second kappa shape index (κ2) is 18.6. The number of thiophene rings is 1. The Hall–Kier alpha value is -6.13. The molecule has 1 saturated heterocycles. The average molecular weight is 864 g/mol. The Morgan fingerprint density at radius 1 is 0.951 bits per heavy atom. The predicted molar refractivity (Wildman–Crippen MR) is 233 cm³/mol. The number of para-hydroxylation sites is 2. The molecule has 2 N–H and O–H groups in total. The van der Waals surface area contributed by atoms with Crippen LogP contribution in [0.4, 0.5) is 10.2 Å². The van der Waals surface area contributed by atoms with Gasteiger partial charge in [-0.05, 0) is 67.1 Å². The molecule has 0 bridgehead atoms. The Morgan fingerprint density at radius 2 is 1.74 bits per heavy atom. The van der Waals surface area contributed by atoms with Gasteiger partial charge in [-0.25, -0.2) is 24.7 Å². The van der Waals surface area contributed by atoms with Crippen LogP contribution >= 0.6 is 22.9 Å². The molecule has 4 aromatic heterocycles. The monoisotopic (exact) mass is 863 g/mol. The number of carbonyl (C=O) groups is 1. The fraction of sp³-hybridized carbons (Fsp3) is 0.267. The Bertz CT molecular complexity index is 2670. The summed E-state index contributed by atoms with van der Waals surface area (Å²) in [4.78, 5) is 37.1. The first-order valence-electron chi connectivity index (χ1n) is 19.7. The summed E-state index contributed by atoms with van der Waals surface area (Å²) in [5.41, 5.74) is 4.05. The molecule has 0 saturated carbocycles. The lowest BCUT2D eigenvalue weighted by Crippen LogP contribution is -2.45. The summed E-state index contributed by atoms with van der Waals surface area (Å²) in [6, 6.07) is 21.1. The van der Waals surface area contributed by atoms with Crippen molar-refractivity contribution in [2.45, 2.75) is 26.0 Å². The van der Waals surface area contributed by atoms with Crippen LogP contribution in [-0.4, -0.2) is 100 Å². The quantitative estimate of drug-likeness (QED) is 0.0958. The number of hydrogen-bond acceptors (Lipinski definition) is 13. The van der Waals surface area contributed by atoms with Crippen molar-refractivity contribution in [2.75, 3.05) is 58.8 Å². The lowest BCUT2D eigenvalue weighted by molar-refractivity contribution is -0.137. The lowest BCUT2D eigenvalue weighted by Gasteiger charge is -2.32. The number of nitrogens with zero attached hydrogens (tertiary/aromatic N) is 6. The van der Waals surface area contributed by atoms with Crippen molar-refractivity contribution < 1.29 is 32.9 Å². The Labute approximate surface area is 360 Å². The van der Waals surface area contributed by atoms with E-state index in [4.69, 9.17) is 35.2 Å². The van der Waals surface area contributed by atoms with Crippen LogP contribution in [0.3, 0.4) is 0 Å². The largest absolute Gasteiger partial charge is 0.496 e. The van der Waals surface area contributed by atoms with Crippen molar-refractivity contribution in [1.82, 2.24) is 29.7 Å². The minimum absolute atomic E-state index is 0.0357. The number of anilines is 1. The van der Waals surface area contributed by atoms with Gasteiger partial charge in [-0.2, -0.15) is 4.39 Å². The summed E-state index contributed by atoms with van der Waals surface area (Å²) in [5, 5.41) is 14.8. The molecule has 1 aliphatic rings. The molecule has 1 fully saturated rings. The van der Waals surface area contributed by atoms with E-state index in [9.17, 15) is 14.3 Å². The molecule has 5 heterocycles. The fourth-order valence-electron chi connectivity index (χ4n) is 7.29. The van der Waals surface area contributed by atoms with Gasteiger partial charge in [0.1, 0.15) is 59.2 Å². The molecule has 8 rings (SSSR count). The smallest absolute Gasteiger partial charge is 0.326 e. The van der Waals surface area contributed by atoms with Crippen molar-refractivity contribution >= 4 is 44.9 Å². The number of benzene rings is 3. The number of furan rings is 1. The predicted octanol–water partition coefficient (Wildman–Crippen LogP) is 8.50. The lowest BCUT2D eigenvalue weighted by atomic mass is 9.97. The summed E-state index contributed by atoms with van der Waals surface area (Å²) in [6.45, 7) is 7.22. The van der Waals surface area contributed by atoms with E-state index in [1.807, 2.05) is 61.5 Å². The molecular weight excluding hydrogens is 821 g/mol. The minimum atomic E-state index is -1.16. The van der Waals surface area contributed by atoms with Crippen LogP contribution in [0.5, 0.6) is 17.2 Å². The van der Waals surface area contributed by atoms with Crippen LogP contribution in [0.15, 0.2) is 95.8 Å². The molecule has 0 radical (unpaired) electrons. The Morgan fingerprint density at radius 3 is 2.51 bits per heavy atom. The number of aliphatic carboxylic acids is 1. The Kier molecular flexibility index (Phi) is 12.7. The zero-order valence-corrected chi connectivity index (χ0v) is 35.3. The third-order valence-corrected chi connectivity index (χ3v) is 12.2. The van der Waals surface area contributed by atoms with Crippen molar-refractivity contribution in [3.05, 3.63) is 119 Å². The van der Waals surface area contributed by atoms with Crippen LogP contribution in [0, 0.1) is 12.9 Å². The summed E-state index contributed by atoms with van der Waals surface area (Å²) < 4.78 is 37.8. The van der Waals surface area contributed by atoms with Gasteiger partial charge in [-0.15, -0.1) is 11.3 Å². The third-order valence-electron chi connectivity index (χ3n) is 10.6. The van der Waals surface area contributed by atoms with Gasteiger partial charge in [0.25, 0.3) is 6.01 Å². The highest BCUT2D eigenvalue weighted by Gasteiger charge is 2.28. The van der Waals surface area contributed by atoms with Crippen molar-refractivity contribution in [1.29, 1.82) is 0 Å². The molecule has 1 aliphatic heterocycles. The zero-order valence-electron chi connectivity index (χ0n) is 33.7. The molecule has 61 heavy (non-hydrogen) atoms. The molecule has 13 nitrogen and oxygen atoms in total. The number of carboxylic acids is 1. The summed E-state index contributed by atoms with van der Waals surface area (Å²) in [6.07, 6.45) is 3.06. The van der Waals surface area contributed by atoms with Gasteiger partial charge < -0.3 is 34.0 Å². The van der Waals surface area contributed by atoms with Crippen molar-refractivity contribution in [3.63, 3.8) is 0 Å². The van der Waals surface area contributed by atoms with E-state index in [2.05, 4.69) is 37.1 Å². The summed E-state index contributed by atoms with van der Waals surface area (Å²) in [5.74, 6) is 1.62. The topological polar surface area (TPSA) is 148 Å². The molecule has 314 valence electrons. The molecule has 7 aromatic rings. The van der Waals surface area contributed by atoms with Crippen LogP contribution in [-0.2, 0) is 17.8 Å². The van der Waals surface area contributed by atoms with E-state index in [1.165, 1.54) is 23.7 Å². The number of carboxylic acid groups (broad SMARTS) is 1. The van der Waals surface area contributed by atoms with Crippen LogP contribution in [0.1, 0.15) is 16.8 Å². The number of halogens is 2. The number of piperazine rings is 1. The molecular formula is C45H43ClFN7O6S. The average Bonchev–Trinajstić information content (AvgIpc) is 3.89.